The summed E-state index contributed by atoms with van der Waals surface area (Å²) < 4.78 is 24.2. The van der Waals surface area contributed by atoms with E-state index >= 15 is 0 Å². The fraction of sp³-hybridized carbons (Fsp3) is 1.00. The zero-order valence-electron chi connectivity index (χ0n) is 12.6. The number of nitrogens with zero attached hydrogens (tertiary/aromatic N) is 1. The van der Waals surface area contributed by atoms with E-state index in [0.717, 1.165) is 31.1 Å². The van der Waals surface area contributed by atoms with Gasteiger partial charge in [0, 0.05) is 42.9 Å². The number of hydrogen-bond donors (Lipinski definition) is 1. The molecule has 0 aromatic carbocycles. The molecule has 0 bridgehead atoms. The van der Waals surface area contributed by atoms with Crippen LogP contribution >= 0.6 is 11.8 Å². The van der Waals surface area contributed by atoms with Crippen LogP contribution in [-0.2, 0) is 9.84 Å². The van der Waals surface area contributed by atoms with E-state index in [1.807, 2.05) is 0 Å². The molecule has 1 rings (SSSR count). The van der Waals surface area contributed by atoms with Crippen molar-refractivity contribution in [2.45, 2.75) is 39.1 Å². The molecule has 1 heterocycles. The van der Waals surface area contributed by atoms with Gasteiger partial charge in [0.25, 0.3) is 0 Å². The minimum atomic E-state index is -2.96. The van der Waals surface area contributed by atoms with Gasteiger partial charge in [0.05, 0.1) is 0 Å². The highest BCUT2D eigenvalue weighted by atomic mass is 32.2. The van der Waals surface area contributed by atoms with Gasteiger partial charge in [-0.15, -0.1) is 0 Å². The molecule has 0 radical (unpaired) electrons. The largest absolute Gasteiger partial charge is 0.313 e. The molecule has 0 aromatic heterocycles. The maximum atomic E-state index is 12.1. The fourth-order valence-corrected chi connectivity index (χ4v) is 5.18. The van der Waals surface area contributed by atoms with Crippen molar-refractivity contribution in [2.24, 2.45) is 5.92 Å². The summed E-state index contributed by atoms with van der Waals surface area (Å²) in [5, 5.41) is 3.19. The minimum absolute atomic E-state index is 0.241. The Morgan fingerprint density at radius 2 is 2.05 bits per heavy atom. The number of nitrogens with one attached hydrogen (secondary N) is 1. The van der Waals surface area contributed by atoms with Crippen molar-refractivity contribution in [1.29, 1.82) is 0 Å². The lowest BCUT2D eigenvalue weighted by molar-refractivity contribution is 0.261. The van der Waals surface area contributed by atoms with Crippen LogP contribution in [0.2, 0.25) is 0 Å². The Morgan fingerprint density at radius 3 is 2.63 bits per heavy atom. The summed E-state index contributed by atoms with van der Waals surface area (Å²) in [5.41, 5.74) is 0. The predicted octanol–water partition coefficient (Wildman–Crippen LogP) is 1.43. The Kier molecular flexibility index (Phi) is 7.14. The third kappa shape index (κ3) is 5.25. The fourth-order valence-electron chi connectivity index (χ4n) is 2.07. The van der Waals surface area contributed by atoms with Gasteiger partial charge < -0.3 is 5.32 Å². The quantitative estimate of drug-likeness (QED) is 0.771. The zero-order chi connectivity index (χ0) is 14.5. The van der Waals surface area contributed by atoms with Gasteiger partial charge in [0.2, 0.25) is 0 Å². The molecule has 0 spiro atoms. The zero-order valence-corrected chi connectivity index (χ0v) is 14.2. The maximum Gasteiger partial charge on any atom is 0.166 e. The van der Waals surface area contributed by atoms with Crippen LogP contribution in [0.4, 0.5) is 0 Å². The van der Waals surface area contributed by atoms with Gasteiger partial charge in [-0.1, -0.05) is 20.8 Å². The number of sulfone groups is 1. The summed E-state index contributed by atoms with van der Waals surface area (Å²) in [6, 6.07) is 0.473. The first-order chi connectivity index (χ1) is 8.88. The van der Waals surface area contributed by atoms with Gasteiger partial charge in [-0.05, 0) is 12.8 Å². The second-order valence-electron chi connectivity index (χ2n) is 5.50. The lowest BCUT2D eigenvalue weighted by Gasteiger charge is -2.35. The molecule has 1 fully saturated rings. The SMILES string of the molecule is CCS(=O)(=O)C1CSCCN1CCNC(C)C(C)C. The highest BCUT2D eigenvalue weighted by molar-refractivity contribution is 8.01. The first-order valence-corrected chi connectivity index (χ1v) is 10.0. The Morgan fingerprint density at radius 1 is 1.37 bits per heavy atom. The molecule has 2 unspecified atom stereocenters. The first kappa shape index (κ1) is 17.3. The lowest BCUT2D eigenvalue weighted by atomic mass is 10.1. The van der Waals surface area contributed by atoms with Crippen LogP contribution in [0, 0.1) is 5.92 Å². The lowest BCUT2D eigenvalue weighted by Crippen LogP contribution is -2.50. The van der Waals surface area contributed by atoms with Gasteiger partial charge in [-0.25, -0.2) is 8.42 Å². The molecule has 114 valence electrons. The van der Waals surface area contributed by atoms with Crippen molar-refractivity contribution in [3.8, 4) is 0 Å². The van der Waals surface area contributed by atoms with E-state index < -0.39 is 9.84 Å². The van der Waals surface area contributed by atoms with E-state index in [9.17, 15) is 8.42 Å². The monoisotopic (exact) mass is 308 g/mol. The molecule has 0 aromatic rings. The van der Waals surface area contributed by atoms with Crippen LogP contribution in [0.5, 0.6) is 0 Å². The number of rotatable bonds is 7. The Balaban J connectivity index is 2.50. The normalized spacial score (nSPS) is 23.7. The maximum absolute atomic E-state index is 12.1. The van der Waals surface area contributed by atoms with Crippen molar-refractivity contribution < 1.29 is 8.42 Å². The Bertz CT molecular complexity index is 358. The highest BCUT2D eigenvalue weighted by Crippen LogP contribution is 2.20. The average molecular weight is 309 g/mol. The number of thioether (sulfide) groups is 1. The molecular formula is C13H28N2O2S2. The summed E-state index contributed by atoms with van der Waals surface area (Å²) in [5.74, 6) is 2.60. The molecule has 0 aliphatic carbocycles. The number of hydrogen-bond acceptors (Lipinski definition) is 5. The molecule has 1 saturated heterocycles. The molecule has 1 aliphatic heterocycles. The van der Waals surface area contributed by atoms with E-state index in [-0.39, 0.29) is 11.1 Å². The topological polar surface area (TPSA) is 49.4 Å². The molecule has 2 atom stereocenters. The van der Waals surface area contributed by atoms with Gasteiger partial charge in [0.1, 0.15) is 5.37 Å². The van der Waals surface area contributed by atoms with Crippen LogP contribution in [0.3, 0.4) is 0 Å². The summed E-state index contributed by atoms with van der Waals surface area (Å²) in [7, 11) is -2.96. The standard InChI is InChI=1S/C13H28N2O2S2/c1-5-19(16,17)13-10-18-9-8-15(13)7-6-14-12(4)11(2)3/h11-14H,5-10H2,1-4H3. The van der Waals surface area contributed by atoms with E-state index in [0.29, 0.717) is 12.0 Å². The van der Waals surface area contributed by atoms with Crippen molar-refractivity contribution in [2.75, 3.05) is 36.9 Å². The van der Waals surface area contributed by atoms with Crippen LogP contribution in [0.1, 0.15) is 27.7 Å². The summed E-state index contributed by atoms with van der Waals surface area (Å²) in [6.07, 6.45) is 0. The van der Waals surface area contributed by atoms with E-state index in [2.05, 4.69) is 31.0 Å². The Hall–Kier alpha value is 0.220. The van der Waals surface area contributed by atoms with Crippen molar-refractivity contribution in [1.82, 2.24) is 10.2 Å². The molecule has 0 amide bonds. The smallest absolute Gasteiger partial charge is 0.166 e. The molecule has 19 heavy (non-hydrogen) atoms. The molecule has 1 aliphatic rings. The van der Waals surface area contributed by atoms with Crippen LogP contribution in [0.15, 0.2) is 0 Å². The third-order valence-corrected chi connectivity index (χ3v) is 7.21. The van der Waals surface area contributed by atoms with E-state index in [4.69, 9.17) is 0 Å². The molecule has 6 heteroatoms. The van der Waals surface area contributed by atoms with Gasteiger partial charge in [-0.2, -0.15) is 11.8 Å². The summed E-state index contributed by atoms with van der Waals surface area (Å²) in [4.78, 5) is 2.13. The van der Waals surface area contributed by atoms with Crippen LogP contribution < -0.4 is 5.32 Å². The van der Waals surface area contributed by atoms with Gasteiger partial charge in [-0.3, -0.25) is 4.90 Å². The van der Waals surface area contributed by atoms with E-state index in [1.165, 1.54) is 0 Å². The molecule has 0 saturated carbocycles. The predicted molar refractivity (Wildman–Crippen MR) is 84.4 cm³/mol. The van der Waals surface area contributed by atoms with Crippen molar-refractivity contribution >= 4 is 21.6 Å². The molecular weight excluding hydrogens is 280 g/mol. The average Bonchev–Trinajstić information content (AvgIpc) is 2.39. The summed E-state index contributed by atoms with van der Waals surface area (Å²) >= 11 is 1.75. The second kappa shape index (κ2) is 7.86. The van der Waals surface area contributed by atoms with Crippen LogP contribution in [0.25, 0.3) is 0 Å². The van der Waals surface area contributed by atoms with Gasteiger partial charge >= 0.3 is 0 Å². The summed E-state index contributed by atoms with van der Waals surface area (Å²) in [6.45, 7) is 10.9. The van der Waals surface area contributed by atoms with Gasteiger partial charge in [0.15, 0.2) is 9.84 Å². The van der Waals surface area contributed by atoms with Crippen molar-refractivity contribution in [3.63, 3.8) is 0 Å². The third-order valence-electron chi connectivity index (χ3n) is 3.87. The first-order valence-electron chi connectivity index (χ1n) is 7.15. The van der Waals surface area contributed by atoms with Crippen molar-refractivity contribution in [3.05, 3.63) is 0 Å². The second-order valence-corrected chi connectivity index (χ2v) is 9.10. The molecule has 1 N–H and O–H groups in total. The molecule has 4 nitrogen and oxygen atoms in total. The van der Waals surface area contributed by atoms with E-state index in [1.54, 1.807) is 18.7 Å². The minimum Gasteiger partial charge on any atom is -0.313 e. The van der Waals surface area contributed by atoms with Crippen LogP contribution in [-0.4, -0.2) is 61.6 Å². The Labute approximate surface area is 122 Å². The highest BCUT2D eigenvalue weighted by Gasteiger charge is 2.32.